The van der Waals surface area contributed by atoms with Crippen LogP contribution in [0.1, 0.15) is 0 Å². The minimum atomic E-state index is 0. The van der Waals surface area contributed by atoms with Gasteiger partial charge < -0.3 is 0 Å². The van der Waals surface area contributed by atoms with Crippen LogP contribution in [0.4, 0.5) is 0 Å². The normalized spacial score (nSPS) is 0. The van der Waals surface area contributed by atoms with Gasteiger partial charge in [0, 0.05) is 133 Å². The maximum atomic E-state index is 0. The van der Waals surface area contributed by atoms with E-state index in [9.17, 15) is 0 Å². The van der Waals surface area contributed by atoms with E-state index < -0.39 is 0 Å². The molecular weight excluding hydrogens is 360 g/mol. The second-order valence-corrected chi connectivity index (χ2v) is 0. The van der Waals surface area contributed by atoms with Crippen molar-refractivity contribution in [3.05, 3.63) is 0 Å². The third-order valence-electron chi connectivity index (χ3n) is 0. The Morgan fingerprint density at radius 1 is 0.429 bits per heavy atom. The zero-order valence-electron chi connectivity index (χ0n) is 3.05. The molecule has 0 saturated heterocycles. The first kappa shape index (κ1) is 65.8. The summed E-state index contributed by atoms with van der Waals surface area (Å²) < 4.78 is 0. The van der Waals surface area contributed by atoms with Crippen LogP contribution in [0.25, 0.3) is 0 Å². The molecule has 0 aliphatic heterocycles. The Balaban J connectivity index is 0. The molecule has 0 aromatic rings. The maximum Gasteiger partial charge on any atom is 0 e. The van der Waals surface area contributed by atoms with Gasteiger partial charge in [-0.1, -0.05) is 0 Å². The van der Waals surface area contributed by atoms with E-state index in [0.717, 1.165) is 0 Å². The molecule has 0 heterocycles. The first-order chi connectivity index (χ1) is 0. The molecule has 0 unspecified atom stereocenters. The van der Waals surface area contributed by atoms with Gasteiger partial charge in [-0.15, -0.1) is 0 Å². The summed E-state index contributed by atoms with van der Waals surface area (Å²) in [6, 6.07) is 0. The van der Waals surface area contributed by atoms with Gasteiger partial charge in [-0.2, -0.15) is 0 Å². The average molecular weight is 360 g/mol. The van der Waals surface area contributed by atoms with Gasteiger partial charge in [0.05, 0.1) is 0 Å². The first-order valence-corrected chi connectivity index (χ1v) is 0. The van der Waals surface area contributed by atoms with Gasteiger partial charge in [-0.05, 0) is 0 Å². The Bertz CT molecular complexity index is 10.9. The third-order valence-corrected chi connectivity index (χ3v) is 0. The molecule has 3 radical (unpaired) electrons. The van der Waals surface area contributed by atoms with Crippen molar-refractivity contribution in [2.75, 3.05) is 0 Å². The van der Waals surface area contributed by atoms with E-state index in [1.54, 1.807) is 0 Å². The number of hydrogen-bond donors (Lipinski definition) is 0. The Hall–Kier alpha value is 4.22. The average Bonchev–Trinajstić information content (AvgIpc) is 0. The van der Waals surface area contributed by atoms with Crippen LogP contribution in [0, 0.1) is 0 Å². The molecule has 0 bridgehead atoms. The molecule has 0 amide bonds. The fourth-order valence-corrected chi connectivity index (χ4v) is 0. The fourth-order valence-electron chi connectivity index (χ4n) is 0. The van der Waals surface area contributed by atoms with E-state index in [2.05, 4.69) is 0 Å². The minimum absolute atomic E-state index is 0. The Labute approximate surface area is 131 Å². The molecule has 0 aromatic carbocycles. The van der Waals surface area contributed by atoms with E-state index in [4.69, 9.17) is 0 Å². The summed E-state index contributed by atoms with van der Waals surface area (Å²) in [6.45, 7) is 0. The van der Waals surface area contributed by atoms with Crippen LogP contribution in [0.5, 0.6) is 0 Å². The van der Waals surface area contributed by atoms with Crippen LogP contribution in [0.3, 0.4) is 0 Å². The van der Waals surface area contributed by atoms with E-state index in [-0.39, 0.29) is 133 Å². The van der Waals surface area contributed by atoms with Gasteiger partial charge in [0.15, 0.2) is 0 Å². The molecule has 7 heteroatoms. The summed E-state index contributed by atoms with van der Waals surface area (Å²) in [5.41, 5.74) is 0. The van der Waals surface area contributed by atoms with Crippen molar-refractivity contribution in [3.8, 4) is 0 Å². The summed E-state index contributed by atoms with van der Waals surface area (Å²) in [5.74, 6) is 0. The molecule has 0 nitrogen and oxygen atoms in total. The molecule has 0 saturated carbocycles. The van der Waals surface area contributed by atoms with E-state index >= 15 is 0 Å². The number of rotatable bonds is 0. The predicted molar refractivity (Wildman–Crippen MR) is 0 cm³/mol. The predicted octanol–water partition coefficient (Wildman–Crippen LogP) is -0.0175. The van der Waals surface area contributed by atoms with Crippen LogP contribution < -0.4 is 0 Å². The largest absolute Gasteiger partial charge is 0 e. The second-order valence-electron chi connectivity index (χ2n) is 0. The van der Waals surface area contributed by atoms with Crippen molar-refractivity contribution in [3.63, 3.8) is 0 Å². The van der Waals surface area contributed by atoms with Crippen LogP contribution in [0.2, 0.25) is 0 Å². The molecule has 7 heavy (non-hydrogen) atoms. The quantitative estimate of drug-likeness (QED) is 0.533. The standard InChI is InChI=1S/2Fe.2Ti.3V. The molecule has 39 valence electrons. The van der Waals surface area contributed by atoms with Gasteiger partial charge in [0.25, 0.3) is 0 Å². The molecule has 0 aliphatic rings. The Kier molecular flexibility index (Phi) is 459. The van der Waals surface area contributed by atoms with Gasteiger partial charge in [0.1, 0.15) is 0 Å². The van der Waals surface area contributed by atoms with Crippen molar-refractivity contribution >= 4 is 0 Å². The molecule has 0 fully saturated rings. The van der Waals surface area contributed by atoms with E-state index in [1.807, 2.05) is 0 Å². The molecule has 0 spiro atoms. The minimum Gasteiger partial charge on any atom is 0 e. The van der Waals surface area contributed by atoms with Gasteiger partial charge >= 0.3 is 0 Å². The third kappa shape index (κ3) is 38.8. The van der Waals surface area contributed by atoms with E-state index in [1.165, 1.54) is 0 Å². The molecule has 0 aliphatic carbocycles. The maximum absolute atomic E-state index is 0. The second kappa shape index (κ2) is 48.8. The summed E-state index contributed by atoms with van der Waals surface area (Å²) in [5, 5.41) is 0. The van der Waals surface area contributed by atoms with Crippen molar-refractivity contribution < 1.29 is 133 Å². The van der Waals surface area contributed by atoms with Crippen molar-refractivity contribution in [2.24, 2.45) is 0 Å². The summed E-state index contributed by atoms with van der Waals surface area (Å²) in [7, 11) is 0. The molecule has 0 N–H and O–H groups in total. The fraction of sp³-hybridized carbons (Fsp3) is 0. The SMILES string of the molecule is [Fe].[Fe].[Ti].[Ti].[V].[V].[V]. The smallest absolute Gasteiger partial charge is 0 e. The molecular formula is Fe2Ti2V3. The van der Waals surface area contributed by atoms with Crippen LogP contribution in [0.15, 0.2) is 0 Å². The number of hydrogen-bond acceptors (Lipinski definition) is 0. The molecule has 0 rings (SSSR count). The first-order valence-electron chi connectivity index (χ1n) is 0. The molecule has 0 aromatic heterocycles. The zero-order valence-corrected chi connectivity index (χ0v) is 12.6. The van der Waals surface area contributed by atoms with Crippen LogP contribution in [-0.2, 0) is 133 Å². The summed E-state index contributed by atoms with van der Waals surface area (Å²) in [4.78, 5) is 0. The van der Waals surface area contributed by atoms with Crippen LogP contribution in [-0.4, -0.2) is 0 Å². The summed E-state index contributed by atoms with van der Waals surface area (Å²) in [6.07, 6.45) is 0. The van der Waals surface area contributed by atoms with Crippen LogP contribution >= 0.6 is 0 Å². The van der Waals surface area contributed by atoms with Gasteiger partial charge in [-0.25, -0.2) is 0 Å². The van der Waals surface area contributed by atoms with E-state index in [0.29, 0.717) is 0 Å². The van der Waals surface area contributed by atoms with Gasteiger partial charge in [-0.3, -0.25) is 0 Å². The van der Waals surface area contributed by atoms with Crippen molar-refractivity contribution in [2.45, 2.75) is 0 Å². The summed E-state index contributed by atoms with van der Waals surface area (Å²) >= 11 is 0. The van der Waals surface area contributed by atoms with Crippen molar-refractivity contribution in [1.82, 2.24) is 0 Å². The Morgan fingerprint density at radius 2 is 0.429 bits per heavy atom. The molecule has 0 atom stereocenters. The monoisotopic (exact) mass is 361 g/mol. The van der Waals surface area contributed by atoms with Gasteiger partial charge in [0.2, 0.25) is 0 Å². The Morgan fingerprint density at radius 3 is 0.429 bits per heavy atom. The van der Waals surface area contributed by atoms with Crippen molar-refractivity contribution in [1.29, 1.82) is 0 Å². The topological polar surface area (TPSA) is 0 Å². The zero-order chi connectivity index (χ0) is 0.